The lowest BCUT2D eigenvalue weighted by atomic mass is 10.2. The Balaban J connectivity index is 2.94. The summed E-state index contributed by atoms with van der Waals surface area (Å²) in [6.45, 7) is 5.29. The van der Waals surface area contributed by atoms with Gasteiger partial charge < -0.3 is 10.0 Å². The van der Waals surface area contributed by atoms with Gasteiger partial charge in [-0.3, -0.25) is 4.79 Å². The minimum Gasteiger partial charge on any atom is -0.480 e. The van der Waals surface area contributed by atoms with Crippen molar-refractivity contribution in [1.82, 2.24) is 4.90 Å². The number of likely N-dealkylation sites (N-methyl/N-ethyl adjacent to an activating group) is 1. The number of carbonyl (C=O) groups is 2. The van der Waals surface area contributed by atoms with E-state index in [1.165, 1.54) is 18.9 Å². The lowest BCUT2D eigenvalue weighted by Crippen LogP contribution is -2.40. The van der Waals surface area contributed by atoms with E-state index in [0.29, 0.717) is 5.56 Å². The van der Waals surface area contributed by atoms with Crippen molar-refractivity contribution in [2.75, 3.05) is 7.05 Å². The maximum Gasteiger partial charge on any atom is 0.326 e. The number of carboxylic acid groups (broad SMARTS) is 1. The Bertz CT molecular complexity index is 425. The normalized spacial score (nSPS) is 12.2. The van der Waals surface area contributed by atoms with Crippen molar-refractivity contribution in [3.8, 4) is 0 Å². The van der Waals surface area contributed by atoms with Crippen molar-refractivity contribution < 1.29 is 14.7 Å². The zero-order valence-electron chi connectivity index (χ0n) is 9.77. The van der Waals surface area contributed by atoms with Crippen LogP contribution in [-0.2, 0) is 4.79 Å². The molecule has 0 spiro atoms. The topological polar surface area (TPSA) is 57.6 Å². The lowest BCUT2D eigenvalue weighted by Gasteiger charge is -2.21. The van der Waals surface area contributed by atoms with Gasteiger partial charge in [0.2, 0.25) is 0 Å². The Morgan fingerprint density at radius 2 is 2.00 bits per heavy atom. The van der Waals surface area contributed by atoms with Crippen molar-refractivity contribution in [2.24, 2.45) is 0 Å². The van der Waals surface area contributed by atoms with Gasteiger partial charge in [0.25, 0.3) is 5.91 Å². The van der Waals surface area contributed by atoms with Gasteiger partial charge in [0, 0.05) is 16.8 Å². The number of thiophene rings is 1. The number of carbonyl (C=O) groups excluding carboxylic acids is 1. The number of hydrogen-bond donors (Lipinski definition) is 1. The summed E-state index contributed by atoms with van der Waals surface area (Å²) in [6.07, 6.45) is 0. The number of carboxylic acids is 1. The van der Waals surface area contributed by atoms with Crippen LogP contribution in [0, 0.1) is 13.8 Å². The Morgan fingerprint density at radius 1 is 1.44 bits per heavy atom. The van der Waals surface area contributed by atoms with E-state index in [4.69, 9.17) is 5.11 Å². The summed E-state index contributed by atoms with van der Waals surface area (Å²) < 4.78 is 0. The predicted octanol–water partition coefficient (Wildman–Crippen LogP) is 1.91. The van der Waals surface area contributed by atoms with Crippen LogP contribution in [-0.4, -0.2) is 35.0 Å². The van der Waals surface area contributed by atoms with E-state index in [1.807, 2.05) is 13.8 Å². The largest absolute Gasteiger partial charge is 0.480 e. The molecule has 16 heavy (non-hydrogen) atoms. The highest BCUT2D eigenvalue weighted by Crippen LogP contribution is 2.22. The fraction of sp³-hybridized carbons (Fsp3) is 0.455. The molecule has 1 aromatic rings. The molecular formula is C11H15NO3S. The van der Waals surface area contributed by atoms with E-state index < -0.39 is 12.0 Å². The Labute approximate surface area is 98.5 Å². The van der Waals surface area contributed by atoms with Crippen LogP contribution in [0.1, 0.15) is 27.0 Å². The van der Waals surface area contributed by atoms with Crippen molar-refractivity contribution in [3.63, 3.8) is 0 Å². The van der Waals surface area contributed by atoms with E-state index in [9.17, 15) is 9.59 Å². The second kappa shape index (κ2) is 4.65. The van der Waals surface area contributed by atoms with Gasteiger partial charge in [-0.05, 0) is 26.8 Å². The summed E-state index contributed by atoms with van der Waals surface area (Å²) in [5.41, 5.74) is 0.595. The number of amides is 1. The number of aliphatic carboxylic acids is 1. The molecule has 1 amide bonds. The first-order valence-electron chi connectivity index (χ1n) is 4.91. The summed E-state index contributed by atoms with van der Waals surface area (Å²) in [7, 11) is 1.51. The Hall–Kier alpha value is -1.36. The van der Waals surface area contributed by atoms with Crippen LogP contribution < -0.4 is 0 Å². The van der Waals surface area contributed by atoms with Gasteiger partial charge in [-0.15, -0.1) is 11.3 Å². The van der Waals surface area contributed by atoms with E-state index in [-0.39, 0.29) is 5.91 Å². The molecule has 0 aliphatic heterocycles. The van der Waals surface area contributed by atoms with E-state index >= 15 is 0 Å². The molecule has 0 saturated heterocycles. The first-order valence-corrected chi connectivity index (χ1v) is 5.73. The highest BCUT2D eigenvalue weighted by Gasteiger charge is 2.24. The second-order valence-electron chi connectivity index (χ2n) is 3.76. The van der Waals surface area contributed by atoms with E-state index in [2.05, 4.69) is 0 Å². The van der Waals surface area contributed by atoms with Crippen LogP contribution in [0.15, 0.2) is 6.07 Å². The van der Waals surface area contributed by atoms with Gasteiger partial charge in [0.05, 0.1) is 5.56 Å². The summed E-state index contributed by atoms with van der Waals surface area (Å²) >= 11 is 1.54. The fourth-order valence-corrected chi connectivity index (χ4v) is 2.29. The molecule has 1 rings (SSSR count). The third-order valence-electron chi connectivity index (χ3n) is 2.53. The van der Waals surface area contributed by atoms with Crippen LogP contribution in [0.2, 0.25) is 0 Å². The minimum atomic E-state index is -1.000. The van der Waals surface area contributed by atoms with Gasteiger partial charge >= 0.3 is 5.97 Å². The summed E-state index contributed by atoms with van der Waals surface area (Å²) in [6, 6.07) is 0.986. The molecule has 0 aromatic carbocycles. The second-order valence-corrected chi connectivity index (χ2v) is 5.22. The van der Waals surface area contributed by atoms with Crippen molar-refractivity contribution >= 4 is 23.2 Å². The zero-order chi connectivity index (χ0) is 12.5. The van der Waals surface area contributed by atoms with Crippen molar-refractivity contribution in [2.45, 2.75) is 26.8 Å². The highest BCUT2D eigenvalue weighted by atomic mass is 32.1. The smallest absolute Gasteiger partial charge is 0.326 e. The van der Waals surface area contributed by atoms with Gasteiger partial charge in [-0.2, -0.15) is 0 Å². The number of aryl methyl sites for hydroxylation is 2. The molecule has 0 radical (unpaired) electrons. The quantitative estimate of drug-likeness (QED) is 0.879. The number of hydrogen-bond acceptors (Lipinski definition) is 3. The minimum absolute atomic E-state index is 0.239. The first-order chi connectivity index (χ1) is 7.34. The third kappa shape index (κ3) is 2.41. The van der Waals surface area contributed by atoms with Gasteiger partial charge in [0.15, 0.2) is 0 Å². The Morgan fingerprint density at radius 3 is 2.38 bits per heavy atom. The zero-order valence-corrected chi connectivity index (χ0v) is 10.6. The molecule has 0 saturated carbocycles. The number of rotatable bonds is 3. The summed E-state index contributed by atoms with van der Waals surface area (Å²) in [5, 5.41) is 8.83. The molecule has 5 heteroatoms. The standard InChI is InChI=1S/C11H15NO3S/c1-6-5-9(8(3)16-6)10(13)12(4)7(2)11(14)15/h5,7H,1-4H3,(H,14,15). The van der Waals surface area contributed by atoms with Crippen LogP contribution >= 0.6 is 11.3 Å². The molecule has 1 heterocycles. The third-order valence-corrected chi connectivity index (χ3v) is 3.50. The van der Waals surface area contributed by atoms with Crippen LogP contribution in [0.4, 0.5) is 0 Å². The van der Waals surface area contributed by atoms with E-state index in [0.717, 1.165) is 9.75 Å². The molecule has 1 unspecified atom stereocenters. The number of nitrogens with zero attached hydrogens (tertiary/aromatic N) is 1. The molecule has 0 aliphatic rings. The van der Waals surface area contributed by atoms with Crippen molar-refractivity contribution in [3.05, 3.63) is 21.4 Å². The predicted molar refractivity (Wildman–Crippen MR) is 63.0 cm³/mol. The van der Waals surface area contributed by atoms with Crippen molar-refractivity contribution in [1.29, 1.82) is 0 Å². The maximum absolute atomic E-state index is 12.0. The molecule has 1 N–H and O–H groups in total. The average Bonchev–Trinajstić information content (AvgIpc) is 2.54. The molecular weight excluding hydrogens is 226 g/mol. The molecule has 1 atom stereocenters. The van der Waals surface area contributed by atoms with Gasteiger partial charge in [-0.25, -0.2) is 4.79 Å². The van der Waals surface area contributed by atoms with Crippen LogP contribution in [0.5, 0.6) is 0 Å². The summed E-state index contributed by atoms with van der Waals surface area (Å²) in [4.78, 5) is 26.0. The fourth-order valence-electron chi connectivity index (χ4n) is 1.37. The summed E-state index contributed by atoms with van der Waals surface area (Å²) in [5.74, 6) is -1.24. The molecule has 0 bridgehead atoms. The van der Waals surface area contributed by atoms with E-state index in [1.54, 1.807) is 17.4 Å². The molecule has 88 valence electrons. The lowest BCUT2D eigenvalue weighted by molar-refractivity contribution is -0.141. The maximum atomic E-state index is 12.0. The SMILES string of the molecule is Cc1cc(C(=O)N(C)C(C)C(=O)O)c(C)s1. The van der Waals surface area contributed by atoms with Gasteiger partial charge in [0.1, 0.15) is 6.04 Å². The molecule has 0 fully saturated rings. The van der Waals surface area contributed by atoms with Gasteiger partial charge in [-0.1, -0.05) is 0 Å². The van der Waals surface area contributed by atoms with Crippen LogP contribution in [0.3, 0.4) is 0 Å². The highest BCUT2D eigenvalue weighted by molar-refractivity contribution is 7.12. The van der Waals surface area contributed by atoms with Crippen LogP contribution in [0.25, 0.3) is 0 Å². The molecule has 4 nitrogen and oxygen atoms in total. The molecule has 1 aromatic heterocycles. The monoisotopic (exact) mass is 241 g/mol. The first kappa shape index (κ1) is 12.7. The molecule has 0 aliphatic carbocycles. The average molecular weight is 241 g/mol. The Kier molecular flexibility index (Phi) is 3.70.